The summed E-state index contributed by atoms with van der Waals surface area (Å²) < 4.78 is 6.58. The molecule has 0 unspecified atom stereocenters. The van der Waals surface area contributed by atoms with Gasteiger partial charge in [0.1, 0.15) is 0 Å². The summed E-state index contributed by atoms with van der Waals surface area (Å²) in [6, 6.07) is 13.9. The summed E-state index contributed by atoms with van der Waals surface area (Å²) in [6.07, 6.45) is -0.662. The van der Waals surface area contributed by atoms with Crippen LogP contribution in [-0.4, -0.2) is 5.10 Å². The Labute approximate surface area is 124 Å². The van der Waals surface area contributed by atoms with Gasteiger partial charge in [0.25, 0.3) is 0 Å². The van der Waals surface area contributed by atoms with Crippen molar-refractivity contribution in [1.29, 1.82) is 0 Å². The maximum atomic E-state index is 11.4. The molecular weight excluding hydrogens is 299 g/mol. The van der Waals surface area contributed by atoms with Crippen molar-refractivity contribution in [2.75, 3.05) is 0 Å². The molecule has 3 rings (SSSR count). The van der Waals surface area contributed by atoms with Gasteiger partial charge in [-0.15, -0.1) is 0 Å². The molecule has 1 aromatic heterocycles. The molecule has 3 aromatic rings. The zero-order valence-electron chi connectivity index (χ0n) is 10.1. The Bertz CT molecular complexity index is 674. The molecule has 0 saturated heterocycles. The Morgan fingerprint density at radius 1 is 0.900 bits per heavy atom. The minimum absolute atomic E-state index is 0.342. The first-order chi connectivity index (χ1) is 9.63. The smallest absolute Gasteiger partial charge is 0.303 e. The van der Waals surface area contributed by atoms with Crippen LogP contribution in [0.4, 0.5) is 0 Å². The van der Waals surface area contributed by atoms with Crippen molar-refractivity contribution in [3.05, 3.63) is 58.6 Å². The van der Waals surface area contributed by atoms with Crippen LogP contribution >= 0.6 is 23.2 Å². The van der Waals surface area contributed by atoms with Crippen LogP contribution in [0.15, 0.2) is 52.9 Å². The normalized spacial score (nSPS) is 10.7. The van der Waals surface area contributed by atoms with Crippen LogP contribution in [0.3, 0.4) is 0 Å². The van der Waals surface area contributed by atoms with Crippen LogP contribution in [0, 0.1) is 0 Å². The van der Waals surface area contributed by atoms with Crippen molar-refractivity contribution >= 4 is 23.2 Å². The zero-order valence-corrected chi connectivity index (χ0v) is 11.6. The van der Waals surface area contributed by atoms with Gasteiger partial charge in [0.2, 0.25) is 11.8 Å². The molecule has 0 N–H and O–H groups in total. The lowest BCUT2D eigenvalue weighted by Gasteiger charge is -1.98. The highest BCUT2D eigenvalue weighted by Gasteiger charge is 2.19. The van der Waals surface area contributed by atoms with Gasteiger partial charge in [-0.1, -0.05) is 23.2 Å². The van der Waals surface area contributed by atoms with Gasteiger partial charge in [0.15, 0.2) is 0 Å². The predicted octanol–water partition coefficient (Wildman–Crippen LogP) is 3.00. The molecule has 0 bridgehead atoms. The van der Waals surface area contributed by atoms with E-state index in [-0.39, 0.29) is 0 Å². The van der Waals surface area contributed by atoms with E-state index < -0.39 is 6.08 Å². The van der Waals surface area contributed by atoms with Crippen molar-refractivity contribution < 1.29 is 14.2 Å². The van der Waals surface area contributed by atoms with E-state index in [1.54, 1.807) is 48.5 Å². The summed E-state index contributed by atoms with van der Waals surface area (Å²) in [5.74, 6) is 0.342. The molecule has 100 valence electrons. The Morgan fingerprint density at radius 3 is 2.05 bits per heavy atom. The molecule has 0 saturated carbocycles. The number of halogens is 2. The predicted molar refractivity (Wildman–Crippen MR) is 72.9 cm³/mol. The largest absolute Gasteiger partial charge is 0.524 e. The number of hydrogen-bond acceptors (Lipinski definition) is 3. The minimum Gasteiger partial charge on any atom is -0.524 e. The Balaban J connectivity index is 2.12. The van der Waals surface area contributed by atoms with E-state index >= 15 is 0 Å². The number of benzene rings is 2. The van der Waals surface area contributed by atoms with Crippen LogP contribution < -0.4 is 9.79 Å². The molecule has 0 spiro atoms. The number of nitrogens with zero attached hydrogens (tertiary/aromatic N) is 2. The number of aromatic nitrogens is 2. The minimum atomic E-state index is -0.662. The van der Waals surface area contributed by atoms with Gasteiger partial charge >= 0.3 is 5.89 Å². The van der Waals surface area contributed by atoms with E-state index in [4.69, 9.17) is 27.6 Å². The first-order valence-electron chi connectivity index (χ1n) is 5.75. The second-order valence-corrected chi connectivity index (χ2v) is 4.94. The molecule has 20 heavy (non-hydrogen) atoms. The quantitative estimate of drug-likeness (QED) is 0.684. The maximum Gasteiger partial charge on any atom is 0.303 e. The van der Waals surface area contributed by atoms with Crippen molar-refractivity contribution in [2.24, 2.45) is 0 Å². The summed E-state index contributed by atoms with van der Waals surface area (Å²) in [5, 5.41) is 16.5. The second kappa shape index (κ2) is 5.15. The Morgan fingerprint density at radius 2 is 1.45 bits per heavy atom. The van der Waals surface area contributed by atoms with Gasteiger partial charge in [0, 0.05) is 27.3 Å². The van der Waals surface area contributed by atoms with E-state index in [0.717, 1.165) is 0 Å². The third-order valence-corrected chi connectivity index (χ3v) is 3.22. The standard InChI is InChI=1S/C14H8Cl2N2O2/c15-10-3-1-9(2-4-10)13-18(17-14(19)20-13)12-7-5-11(16)6-8-12/h1-8H. The fourth-order valence-electron chi connectivity index (χ4n) is 1.80. The lowest BCUT2D eigenvalue weighted by atomic mass is 10.2. The Kier molecular flexibility index (Phi) is 3.34. The molecule has 6 heteroatoms. The lowest BCUT2D eigenvalue weighted by Crippen LogP contribution is -2.34. The molecule has 2 aromatic carbocycles. The fourth-order valence-corrected chi connectivity index (χ4v) is 2.06. The average molecular weight is 307 g/mol. The number of rotatable bonds is 2. The van der Waals surface area contributed by atoms with Gasteiger partial charge in [-0.05, 0) is 41.1 Å². The highest BCUT2D eigenvalue weighted by Crippen LogP contribution is 2.22. The summed E-state index contributed by atoms with van der Waals surface area (Å²) in [7, 11) is 0. The summed E-state index contributed by atoms with van der Waals surface area (Å²) in [6.45, 7) is 0. The maximum absolute atomic E-state index is 11.4. The van der Waals surface area contributed by atoms with Crippen molar-refractivity contribution in [3.8, 4) is 23.2 Å². The van der Waals surface area contributed by atoms with Crippen LogP contribution in [0.5, 0.6) is 6.08 Å². The zero-order chi connectivity index (χ0) is 14.1. The van der Waals surface area contributed by atoms with Gasteiger partial charge in [-0.3, -0.25) is 0 Å². The first-order valence-corrected chi connectivity index (χ1v) is 6.51. The van der Waals surface area contributed by atoms with E-state index in [1.165, 1.54) is 4.68 Å². The highest BCUT2D eigenvalue weighted by atomic mass is 35.5. The summed E-state index contributed by atoms with van der Waals surface area (Å²) >= 11 is 11.7. The molecule has 0 atom stereocenters. The molecule has 0 fully saturated rings. The molecule has 0 radical (unpaired) electrons. The van der Waals surface area contributed by atoms with Crippen LogP contribution in [0.25, 0.3) is 17.1 Å². The van der Waals surface area contributed by atoms with Crippen LogP contribution in [-0.2, 0) is 0 Å². The van der Waals surface area contributed by atoms with Gasteiger partial charge < -0.3 is 9.52 Å². The van der Waals surface area contributed by atoms with Crippen molar-refractivity contribution in [2.45, 2.75) is 0 Å². The number of hydrogen-bond donors (Lipinski definition) is 0. The Hall–Kier alpha value is -2.04. The molecule has 0 aliphatic heterocycles. The lowest BCUT2D eigenvalue weighted by molar-refractivity contribution is -0.651. The third-order valence-electron chi connectivity index (χ3n) is 2.72. The summed E-state index contributed by atoms with van der Waals surface area (Å²) in [4.78, 5) is 0. The molecule has 0 aliphatic carbocycles. The second-order valence-electron chi connectivity index (χ2n) is 4.07. The van der Waals surface area contributed by atoms with Gasteiger partial charge in [0.05, 0.1) is 5.56 Å². The van der Waals surface area contributed by atoms with E-state index in [2.05, 4.69) is 5.10 Å². The fraction of sp³-hybridized carbons (Fsp3) is 0. The SMILES string of the molecule is [O-]c1n[n+](-c2ccc(Cl)cc2)c(-c2ccc(Cl)cc2)o1. The van der Waals surface area contributed by atoms with E-state index in [1.807, 2.05) is 0 Å². The molecule has 1 heterocycles. The molecule has 0 amide bonds. The van der Waals surface area contributed by atoms with Crippen molar-refractivity contribution in [1.82, 2.24) is 5.10 Å². The van der Waals surface area contributed by atoms with E-state index in [9.17, 15) is 5.11 Å². The molecule has 4 nitrogen and oxygen atoms in total. The van der Waals surface area contributed by atoms with Gasteiger partial charge in [-0.25, -0.2) is 0 Å². The summed E-state index contributed by atoms with van der Waals surface area (Å²) in [5.41, 5.74) is 1.39. The van der Waals surface area contributed by atoms with Gasteiger partial charge in [-0.2, -0.15) is 0 Å². The first kappa shape index (κ1) is 13.0. The topological polar surface area (TPSA) is 53.0 Å². The molecule has 0 aliphatic rings. The van der Waals surface area contributed by atoms with E-state index in [0.29, 0.717) is 27.2 Å². The molecular formula is C14H8Cl2N2O2. The van der Waals surface area contributed by atoms with Crippen molar-refractivity contribution in [3.63, 3.8) is 0 Å². The average Bonchev–Trinajstić information content (AvgIpc) is 2.82. The highest BCUT2D eigenvalue weighted by molar-refractivity contribution is 6.30. The van der Waals surface area contributed by atoms with Crippen LogP contribution in [0.1, 0.15) is 0 Å². The monoisotopic (exact) mass is 306 g/mol. The van der Waals surface area contributed by atoms with Crippen LogP contribution in [0.2, 0.25) is 10.0 Å². The third kappa shape index (κ3) is 2.48.